The van der Waals surface area contributed by atoms with Gasteiger partial charge in [-0.1, -0.05) is 24.3 Å². The van der Waals surface area contributed by atoms with Gasteiger partial charge in [0.2, 0.25) is 0 Å². The number of anilines is 1. The first-order valence-corrected chi connectivity index (χ1v) is 12.6. The Kier molecular flexibility index (Phi) is 7.23. The summed E-state index contributed by atoms with van der Waals surface area (Å²) in [6.45, 7) is 6.75. The maximum Gasteiger partial charge on any atom is 0.266 e. The number of carbonyl (C=O) groups excluding carboxylic acids is 1. The smallest absolute Gasteiger partial charge is 0.266 e. The molecule has 3 heterocycles. The lowest BCUT2D eigenvalue weighted by atomic mass is 10.1. The van der Waals surface area contributed by atoms with Gasteiger partial charge in [0.1, 0.15) is 12.4 Å². The van der Waals surface area contributed by atoms with E-state index in [0.29, 0.717) is 17.2 Å². The molecule has 180 valence electrons. The molecule has 2 N–H and O–H groups in total. The number of para-hydroxylation sites is 1. The molecular weight excluding hydrogens is 460 g/mol. The van der Waals surface area contributed by atoms with Gasteiger partial charge in [-0.25, -0.2) is 0 Å². The van der Waals surface area contributed by atoms with Gasteiger partial charge in [-0.15, -0.1) is 11.3 Å². The molecular formula is C27H28N4O3S. The fourth-order valence-corrected chi connectivity index (χ4v) is 4.88. The molecule has 0 radical (unpaired) electrons. The van der Waals surface area contributed by atoms with Crippen LogP contribution >= 0.6 is 11.3 Å². The number of rotatable bonds is 8. The number of nitrogens with zero attached hydrogens (tertiary/aromatic N) is 2. The van der Waals surface area contributed by atoms with Gasteiger partial charge in [-0.3, -0.25) is 14.8 Å². The van der Waals surface area contributed by atoms with E-state index in [0.717, 1.165) is 66.3 Å². The van der Waals surface area contributed by atoms with Crippen molar-refractivity contribution in [3.63, 3.8) is 0 Å². The molecule has 1 saturated heterocycles. The minimum atomic E-state index is -0.122. The van der Waals surface area contributed by atoms with Gasteiger partial charge in [-0.05, 0) is 53.8 Å². The van der Waals surface area contributed by atoms with E-state index in [2.05, 4.69) is 20.4 Å². The van der Waals surface area contributed by atoms with Crippen molar-refractivity contribution in [1.82, 2.24) is 15.1 Å². The number of morpholine rings is 1. The number of carbonyl (C=O) groups is 1. The number of aryl methyl sites for hydroxylation is 1. The number of thiophene rings is 1. The largest absolute Gasteiger partial charge is 0.492 e. The van der Waals surface area contributed by atoms with Crippen LogP contribution in [0.5, 0.6) is 5.75 Å². The van der Waals surface area contributed by atoms with E-state index in [1.165, 1.54) is 11.3 Å². The van der Waals surface area contributed by atoms with Crippen LogP contribution in [0.3, 0.4) is 0 Å². The molecule has 35 heavy (non-hydrogen) atoms. The molecule has 1 aliphatic heterocycles. The Bertz CT molecular complexity index is 1340. The highest BCUT2D eigenvalue weighted by Crippen LogP contribution is 2.27. The summed E-state index contributed by atoms with van der Waals surface area (Å²) >= 11 is 1.44. The molecule has 0 aliphatic carbocycles. The Hall–Kier alpha value is -3.46. The molecule has 5 rings (SSSR count). The van der Waals surface area contributed by atoms with E-state index in [1.807, 2.05) is 73.0 Å². The Morgan fingerprint density at radius 2 is 2.06 bits per heavy atom. The summed E-state index contributed by atoms with van der Waals surface area (Å²) in [6.07, 6.45) is 3.93. The minimum Gasteiger partial charge on any atom is -0.492 e. The Labute approximate surface area is 208 Å². The molecule has 0 spiro atoms. The summed E-state index contributed by atoms with van der Waals surface area (Å²) in [5.41, 5.74) is 4.36. The minimum absolute atomic E-state index is 0.122. The number of hydrogen-bond donors (Lipinski definition) is 2. The first-order chi connectivity index (χ1) is 17.2. The van der Waals surface area contributed by atoms with Crippen LogP contribution in [-0.4, -0.2) is 60.5 Å². The maximum atomic E-state index is 13.0. The number of aromatic amines is 1. The Morgan fingerprint density at radius 3 is 2.89 bits per heavy atom. The maximum absolute atomic E-state index is 13.0. The van der Waals surface area contributed by atoms with E-state index in [9.17, 15) is 4.79 Å². The van der Waals surface area contributed by atoms with Gasteiger partial charge in [0.15, 0.2) is 0 Å². The van der Waals surface area contributed by atoms with Crippen LogP contribution in [0.25, 0.3) is 23.1 Å². The monoisotopic (exact) mass is 488 g/mol. The number of amides is 1. The van der Waals surface area contributed by atoms with Crippen LogP contribution in [0.2, 0.25) is 0 Å². The lowest BCUT2D eigenvalue weighted by molar-refractivity contribution is 0.0322. The summed E-state index contributed by atoms with van der Waals surface area (Å²) in [7, 11) is 0. The molecule has 0 bridgehead atoms. The van der Waals surface area contributed by atoms with Gasteiger partial charge in [-0.2, -0.15) is 5.10 Å². The lowest BCUT2D eigenvalue weighted by Crippen LogP contribution is -2.38. The molecule has 1 fully saturated rings. The van der Waals surface area contributed by atoms with Crippen molar-refractivity contribution < 1.29 is 14.3 Å². The summed E-state index contributed by atoms with van der Waals surface area (Å²) in [5, 5.41) is 13.5. The fraction of sp³-hybridized carbons (Fsp3) is 0.259. The molecule has 7 nitrogen and oxygen atoms in total. The van der Waals surface area contributed by atoms with Gasteiger partial charge < -0.3 is 14.8 Å². The third kappa shape index (κ3) is 5.62. The summed E-state index contributed by atoms with van der Waals surface area (Å²) in [4.78, 5) is 16.0. The predicted octanol–water partition coefficient (Wildman–Crippen LogP) is 5.07. The van der Waals surface area contributed by atoms with Crippen LogP contribution in [0.1, 0.15) is 26.5 Å². The highest BCUT2D eigenvalue weighted by Gasteiger charge is 2.14. The molecule has 1 amide bonds. The zero-order chi connectivity index (χ0) is 24.0. The van der Waals surface area contributed by atoms with E-state index in [4.69, 9.17) is 9.47 Å². The van der Waals surface area contributed by atoms with Crippen LogP contribution < -0.4 is 10.1 Å². The van der Waals surface area contributed by atoms with Crippen molar-refractivity contribution >= 4 is 46.0 Å². The average molecular weight is 489 g/mol. The van der Waals surface area contributed by atoms with Crippen LogP contribution in [0, 0.1) is 6.92 Å². The van der Waals surface area contributed by atoms with E-state index >= 15 is 0 Å². The summed E-state index contributed by atoms with van der Waals surface area (Å²) in [5.74, 6) is 0.599. The van der Waals surface area contributed by atoms with Crippen molar-refractivity contribution in [3.8, 4) is 5.75 Å². The van der Waals surface area contributed by atoms with Crippen LogP contribution in [0.15, 0.2) is 53.9 Å². The molecule has 0 unspecified atom stereocenters. The predicted molar refractivity (Wildman–Crippen MR) is 141 cm³/mol. The zero-order valence-corrected chi connectivity index (χ0v) is 20.4. The molecule has 2 aromatic heterocycles. The van der Waals surface area contributed by atoms with E-state index in [1.54, 1.807) is 0 Å². The highest BCUT2D eigenvalue weighted by molar-refractivity contribution is 7.12. The molecule has 1 aliphatic rings. The molecule has 2 aromatic carbocycles. The SMILES string of the molecule is Cc1ccsc1C(=O)Nc1cc(OCCN2CCOCC2)ccc1C=Cc1n[nH]c2ccccc12. The molecule has 4 aromatic rings. The van der Waals surface area contributed by atoms with Crippen molar-refractivity contribution in [1.29, 1.82) is 0 Å². The number of nitrogens with one attached hydrogen (secondary N) is 2. The topological polar surface area (TPSA) is 79.5 Å². The van der Waals surface area contributed by atoms with Gasteiger partial charge >= 0.3 is 0 Å². The van der Waals surface area contributed by atoms with Gasteiger partial charge in [0.05, 0.1) is 35.0 Å². The van der Waals surface area contributed by atoms with E-state index < -0.39 is 0 Å². The van der Waals surface area contributed by atoms with Crippen molar-refractivity contribution in [2.75, 3.05) is 44.8 Å². The molecule has 0 saturated carbocycles. The van der Waals surface area contributed by atoms with Gasteiger partial charge in [0.25, 0.3) is 5.91 Å². The molecule has 8 heteroatoms. The first kappa shape index (κ1) is 23.3. The van der Waals surface area contributed by atoms with Gasteiger partial charge in [0, 0.05) is 31.1 Å². The first-order valence-electron chi connectivity index (χ1n) is 11.7. The highest BCUT2D eigenvalue weighted by atomic mass is 32.1. The number of hydrogen-bond acceptors (Lipinski definition) is 6. The summed E-state index contributed by atoms with van der Waals surface area (Å²) < 4.78 is 11.4. The zero-order valence-electron chi connectivity index (χ0n) is 19.6. The number of benzene rings is 2. The number of fused-ring (bicyclic) bond motifs is 1. The Morgan fingerprint density at radius 1 is 1.20 bits per heavy atom. The third-order valence-electron chi connectivity index (χ3n) is 6.04. The second-order valence-corrected chi connectivity index (χ2v) is 9.34. The molecule has 0 atom stereocenters. The van der Waals surface area contributed by atoms with Crippen LogP contribution in [-0.2, 0) is 4.74 Å². The third-order valence-corrected chi connectivity index (χ3v) is 7.06. The fourth-order valence-electron chi connectivity index (χ4n) is 4.06. The standard InChI is InChI=1S/C27H28N4O3S/c1-19-10-17-35-26(19)27(32)28-25-18-21(34-16-13-31-11-14-33-15-12-31)8-6-20(25)7-9-24-22-4-2-3-5-23(22)29-30-24/h2-10,17-18H,11-16H2,1H3,(H,28,32)(H,29,30). The Balaban J connectivity index is 1.36. The van der Waals surface area contributed by atoms with Crippen LogP contribution in [0.4, 0.5) is 5.69 Å². The van der Waals surface area contributed by atoms with E-state index in [-0.39, 0.29) is 5.91 Å². The lowest BCUT2D eigenvalue weighted by Gasteiger charge is -2.26. The van der Waals surface area contributed by atoms with Crippen molar-refractivity contribution in [2.45, 2.75) is 6.92 Å². The normalized spacial score (nSPS) is 14.5. The average Bonchev–Trinajstić information content (AvgIpc) is 3.50. The second-order valence-electron chi connectivity index (χ2n) is 8.43. The van der Waals surface area contributed by atoms with Crippen molar-refractivity contribution in [3.05, 3.63) is 75.6 Å². The number of aromatic nitrogens is 2. The number of ether oxygens (including phenoxy) is 2. The quantitative estimate of drug-likeness (QED) is 0.362. The van der Waals surface area contributed by atoms with Crippen molar-refractivity contribution in [2.24, 2.45) is 0 Å². The second kappa shape index (κ2) is 10.9. The summed E-state index contributed by atoms with van der Waals surface area (Å²) in [6, 6.07) is 15.7. The number of H-pyrrole nitrogens is 1.